The Morgan fingerprint density at radius 3 is 2.48 bits per heavy atom. The third-order valence-electron chi connectivity index (χ3n) is 3.01. The van der Waals surface area contributed by atoms with Crippen LogP contribution in [0.2, 0.25) is 10.0 Å². The van der Waals surface area contributed by atoms with Crippen molar-refractivity contribution >= 4 is 23.2 Å². The molecule has 5 heteroatoms. The molecule has 0 fully saturated rings. The van der Waals surface area contributed by atoms with Crippen molar-refractivity contribution in [3.63, 3.8) is 0 Å². The van der Waals surface area contributed by atoms with E-state index >= 15 is 0 Å². The van der Waals surface area contributed by atoms with Gasteiger partial charge in [-0.3, -0.25) is 0 Å². The van der Waals surface area contributed by atoms with E-state index in [-0.39, 0.29) is 12.4 Å². The monoisotopic (exact) mass is 327 g/mol. The lowest BCUT2D eigenvalue weighted by Crippen LogP contribution is -2.11. The van der Waals surface area contributed by atoms with Crippen molar-refractivity contribution in [1.29, 1.82) is 0 Å². The Morgan fingerprint density at radius 1 is 1.14 bits per heavy atom. The smallest absolute Gasteiger partial charge is 0.165 e. The lowest BCUT2D eigenvalue weighted by atomic mass is 10.2. The SMILES string of the molecule is CCNCc1ccc(OCc2c(Cl)cccc2Cl)c(F)c1. The quantitative estimate of drug-likeness (QED) is 0.821. The van der Waals surface area contributed by atoms with Crippen LogP contribution in [-0.4, -0.2) is 6.54 Å². The summed E-state index contributed by atoms with van der Waals surface area (Å²) in [7, 11) is 0. The predicted octanol–water partition coefficient (Wildman–Crippen LogP) is 4.82. The molecule has 0 radical (unpaired) electrons. The third-order valence-corrected chi connectivity index (χ3v) is 3.72. The van der Waals surface area contributed by atoms with E-state index in [4.69, 9.17) is 27.9 Å². The lowest BCUT2D eigenvalue weighted by Gasteiger charge is -2.11. The van der Waals surface area contributed by atoms with Crippen molar-refractivity contribution in [1.82, 2.24) is 5.32 Å². The van der Waals surface area contributed by atoms with Gasteiger partial charge in [-0.2, -0.15) is 0 Å². The van der Waals surface area contributed by atoms with E-state index in [2.05, 4.69) is 5.32 Å². The summed E-state index contributed by atoms with van der Waals surface area (Å²) in [5, 5.41) is 4.15. The predicted molar refractivity (Wildman–Crippen MR) is 84.6 cm³/mol. The van der Waals surface area contributed by atoms with Crippen molar-refractivity contribution < 1.29 is 9.13 Å². The molecular weight excluding hydrogens is 312 g/mol. The molecule has 0 unspecified atom stereocenters. The second kappa shape index (κ2) is 7.64. The van der Waals surface area contributed by atoms with Gasteiger partial charge in [-0.15, -0.1) is 0 Å². The largest absolute Gasteiger partial charge is 0.486 e. The van der Waals surface area contributed by atoms with Crippen LogP contribution in [0.1, 0.15) is 18.1 Å². The minimum Gasteiger partial charge on any atom is -0.486 e. The van der Waals surface area contributed by atoms with Crippen LogP contribution in [0.25, 0.3) is 0 Å². The van der Waals surface area contributed by atoms with Gasteiger partial charge in [0, 0.05) is 22.2 Å². The van der Waals surface area contributed by atoms with Gasteiger partial charge in [-0.25, -0.2) is 4.39 Å². The van der Waals surface area contributed by atoms with E-state index in [1.54, 1.807) is 24.3 Å². The van der Waals surface area contributed by atoms with Gasteiger partial charge in [0.25, 0.3) is 0 Å². The molecule has 112 valence electrons. The van der Waals surface area contributed by atoms with Crippen LogP contribution in [0.5, 0.6) is 5.75 Å². The standard InChI is InChI=1S/C16H16Cl2FNO/c1-2-20-9-11-6-7-16(15(19)8-11)21-10-12-13(17)4-3-5-14(12)18/h3-8,20H,2,9-10H2,1H3. The molecule has 0 atom stereocenters. The molecule has 0 heterocycles. The third kappa shape index (κ3) is 4.34. The minimum atomic E-state index is -0.395. The summed E-state index contributed by atoms with van der Waals surface area (Å²) in [6.07, 6.45) is 0. The van der Waals surface area contributed by atoms with Crippen LogP contribution in [0.15, 0.2) is 36.4 Å². The average Bonchev–Trinajstić information content (AvgIpc) is 2.46. The number of hydrogen-bond acceptors (Lipinski definition) is 2. The Labute approximate surface area is 133 Å². The van der Waals surface area contributed by atoms with E-state index < -0.39 is 5.82 Å². The maximum absolute atomic E-state index is 14.0. The Morgan fingerprint density at radius 2 is 1.86 bits per heavy atom. The topological polar surface area (TPSA) is 21.3 Å². The minimum absolute atomic E-state index is 0.127. The molecule has 0 saturated carbocycles. The summed E-state index contributed by atoms with van der Waals surface area (Å²) in [5.41, 5.74) is 1.52. The number of nitrogens with one attached hydrogen (secondary N) is 1. The number of rotatable bonds is 6. The number of halogens is 3. The summed E-state index contributed by atoms with van der Waals surface area (Å²) < 4.78 is 19.4. The fourth-order valence-electron chi connectivity index (χ4n) is 1.86. The Bertz CT molecular complexity index is 599. The van der Waals surface area contributed by atoms with Crippen molar-refractivity contribution in [3.05, 3.63) is 63.4 Å². The molecule has 0 aliphatic carbocycles. The fourth-order valence-corrected chi connectivity index (χ4v) is 2.37. The van der Waals surface area contributed by atoms with Gasteiger partial charge in [-0.05, 0) is 36.4 Å². The van der Waals surface area contributed by atoms with Crippen LogP contribution < -0.4 is 10.1 Å². The zero-order valence-corrected chi connectivity index (χ0v) is 13.1. The van der Waals surface area contributed by atoms with E-state index in [1.807, 2.05) is 13.0 Å². The highest BCUT2D eigenvalue weighted by Gasteiger charge is 2.09. The molecule has 2 rings (SSSR count). The van der Waals surface area contributed by atoms with Crippen molar-refractivity contribution in [2.75, 3.05) is 6.54 Å². The maximum Gasteiger partial charge on any atom is 0.165 e. The van der Waals surface area contributed by atoms with Crippen LogP contribution >= 0.6 is 23.2 Å². The Hall–Kier alpha value is -1.29. The van der Waals surface area contributed by atoms with E-state index in [1.165, 1.54) is 6.07 Å². The van der Waals surface area contributed by atoms with Gasteiger partial charge in [0.15, 0.2) is 11.6 Å². The number of benzene rings is 2. The molecule has 2 aromatic rings. The van der Waals surface area contributed by atoms with Crippen LogP contribution in [0.4, 0.5) is 4.39 Å². The van der Waals surface area contributed by atoms with E-state index in [9.17, 15) is 4.39 Å². The summed E-state index contributed by atoms with van der Waals surface area (Å²) in [4.78, 5) is 0. The number of hydrogen-bond donors (Lipinski definition) is 1. The first-order valence-corrected chi connectivity index (χ1v) is 7.42. The van der Waals surface area contributed by atoms with Gasteiger partial charge < -0.3 is 10.1 Å². The van der Waals surface area contributed by atoms with Gasteiger partial charge >= 0.3 is 0 Å². The first-order chi connectivity index (χ1) is 10.1. The maximum atomic E-state index is 14.0. The van der Waals surface area contributed by atoms with Gasteiger partial charge in [0.1, 0.15) is 6.61 Å². The number of ether oxygens (including phenoxy) is 1. The van der Waals surface area contributed by atoms with Crippen LogP contribution in [-0.2, 0) is 13.2 Å². The van der Waals surface area contributed by atoms with Gasteiger partial charge in [0.05, 0.1) is 0 Å². The molecule has 0 spiro atoms. The molecule has 21 heavy (non-hydrogen) atoms. The normalized spacial score (nSPS) is 10.7. The molecule has 2 nitrogen and oxygen atoms in total. The van der Waals surface area contributed by atoms with Crippen molar-refractivity contribution in [2.24, 2.45) is 0 Å². The molecule has 0 aliphatic rings. The van der Waals surface area contributed by atoms with Crippen molar-refractivity contribution in [3.8, 4) is 5.75 Å². The summed E-state index contributed by atoms with van der Waals surface area (Å²) in [5.74, 6) is -0.209. The second-order valence-corrected chi connectivity index (χ2v) is 5.35. The highest BCUT2D eigenvalue weighted by atomic mass is 35.5. The van der Waals surface area contributed by atoms with E-state index in [0.717, 1.165) is 12.1 Å². The lowest BCUT2D eigenvalue weighted by molar-refractivity contribution is 0.290. The summed E-state index contributed by atoms with van der Waals surface area (Å²) in [6.45, 7) is 3.60. The second-order valence-electron chi connectivity index (χ2n) is 4.53. The molecule has 0 aromatic heterocycles. The molecule has 0 bridgehead atoms. The molecule has 0 saturated heterocycles. The van der Waals surface area contributed by atoms with Crippen molar-refractivity contribution in [2.45, 2.75) is 20.1 Å². The summed E-state index contributed by atoms with van der Waals surface area (Å²) >= 11 is 12.1. The Kier molecular flexibility index (Phi) is 5.85. The van der Waals surface area contributed by atoms with Crippen LogP contribution in [0.3, 0.4) is 0 Å². The highest BCUT2D eigenvalue weighted by molar-refractivity contribution is 6.35. The average molecular weight is 328 g/mol. The first kappa shape index (κ1) is 16.1. The first-order valence-electron chi connectivity index (χ1n) is 6.66. The molecule has 2 aromatic carbocycles. The van der Waals surface area contributed by atoms with Gasteiger partial charge in [-0.1, -0.05) is 42.3 Å². The van der Waals surface area contributed by atoms with Gasteiger partial charge in [0.2, 0.25) is 0 Å². The molecular formula is C16H16Cl2FNO. The molecule has 0 aliphatic heterocycles. The van der Waals surface area contributed by atoms with Crippen LogP contribution in [0, 0.1) is 5.82 Å². The zero-order chi connectivity index (χ0) is 15.2. The molecule has 0 amide bonds. The Balaban J connectivity index is 2.06. The zero-order valence-electron chi connectivity index (χ0n) is 11.6. The molecule has 1 N–H and O–H groups in total. The highest BCUT2D eigenvalue weighted by Crippen LogP contribution is 2.27. The van der Waals surface area contributed by atoms with E-state index in [0.29, 0.717) is 22.2 Å². The summed E-state index contributed by atoms with van der Waals surface area (Å²) in [6, 6.07) is 10.1. The fraction of sp³-hybridized carbons (Fsp3) is 0.250.